The van der Waals surface area contributed by atoms with Crippen LogP contribution in [0.15, 0.2) is 22.2 Å². The third-order valence-electron chi connectivity index (χ3n) is 6.09. The maximum absolute atomic E-state index is 12.9. The molecule has 3 aromatic heterocycles. The van der Waals surface area contributed by atoms with Crippen molar-refractivity contribution in [2.75, 3.05) is 37.7 Å². The van der Waals surface area contributed by atoms with Gasteiger partial charge in [-0.1, -0.05) is 5.16 Å². The molecule has 1 amide bonds. The molecule has 1 unspecified atom stereocenters. The fourth-order valence-electron chi connectivity index (χ4n) is 4.32. The Bertz CT molecular complexity index is 1240. The highest BCUT2D eigenvalue weighted by molar-refractivity contribution is 7.17. The van der Waals surface area contributed by atoms with Crippen LogP contribution in [-0.4, -0.2) is 76.0 Å². The Labute approximate surface area is 207 Å². The second-order valence-electron chi connectivity index (χ2n) is 8.85. The smallest absolute Gasteiger partial charge is 0.475 e. The SMILES string of the molecule is Cc1noc(C)c1CN1CC2(COCCN(c3ncc4sccc4n3)C2)CC1=O.O=C(O)C(F)(F)F. The highest BCUT2D eigenvalue weighted by Crippen LogP contribution is 2.36. The number of hydrogen-bond donors (Lipinski definition) is 1. The van der Waals surface area contributed by atoms with Crippen LogP contribution in [0.1, 0.15) is 23.4 Å². The maximum atomic E-state index is 12.9. The maximum Gasteiger partial charge on any atom is 0.490 e. The van der Waals surface area contributed by atoms with E-state index in [2.05, 4.69) is 15.0 Å². The minimum Gasteiger partial charge on any atom is -0.475 e. The summed E-state index contributed by atoms with van der Waals surface area (Å²) in [6.07, 6.45) is -2.74. The van der Waals surface area contributed by atoms with Crippen LogP contribution in [0, 0.1) is 19.3 Å². The van der Waals surface area contributed by atoms with E-state index in [0.29, 0.717) is 45.2 Å². The van der Waals surface area contributed by atoms with Crippen LogP contribution in [-0.2, 0) is 20.9 Å². The molecule has 10 nitrogen and oxygen atoms in total. The lowest BCUT2D eigenvalue weighted by Gasteiger charge is -2.31. The molecule has 2 aliphatic rings. The van der Waals surface area contributed by atoms with E-state index < -0.39 is 12.1 Å². The molecule has 1 N–H and O–H groups in total. The van der Waals surface area contributed by atoms with Gasteiger partial charge in [0.1, 0.15) is 5.76 Å². The number of fused-ring (bicyclic) bond motifs is 1. The van der Waals surface area contributed by atoms with Gasteiger partial charge in [-0.15, -0.1) is 11.3 Å². The van der Waals surface area contributed by atoms with Gasteiger partial charge in [0.25, 0.3) is 0 Å². The Morgan fingerprint density at radius 1 is 1.31 bits per heavy atom. The topological polar surface area (TPSA) is 122 Å². The van der Waals surface area contributed by atoms with E-state index in [4.69, 9.17) is 24.1 Å². The number of alkyl halides is 3. The van der Waals surface area contributed by atoms with Gasteiger partial charge in [0.2, 0.25) is 11.9 Å². The molecule has 36 heavy (non-hydrogen) atoms. The van der Waals surface area contributed by atoms with Crippen LogP contribution in [0.5, 0.6) is 0 Å². The molecule has 0 radical (unpaired) electrons. The average molecular weight is 528 g/mol. The summed E-state index contributed by atoms with van der Waals surface area (Å²) in [7, 11) is 0. The van der Waals surface area contributed by atoms with Crippen molar-refractivity contribution < 1.29 is 37.1 Å². The fourth-order valence-corrected chi connectivity index (χ4v) is 5.01. The fraction of sp³-hybridized carbons (Fsp3) is 0.500. The number of likely N-dealkylation sites (tertiary alicyclic amines) is 1. The molecule has 1 atom stereocenters. The quantitative estimate of drug-likeness (QED) is 0.547. The van der Waals surface area contributed by atoms with E-state index in [9.17, 15) is 18.0 Å². The predicted molar refractivity (Wildman–Crippen MR) is 123 cm³/mol. The van der Waals surface area contributed by atoms with Gasteiger partial charge < -0.3 is 24.2 Å². The van der Waals surface area contributed by atoms with Crippen molar-refractivity contribution in [2.24, 2.45) is 5.41 Å². The number of hydrogen-bond acceptors (Lipinski definition) is 9. The summed E-state index contributed by atoms with van der Waals surface area (Å²) in [5.74, 6) is -1.14. The Hall–Kier alpha value is -3.26. The van der Waals surface area contributed by atoms with Crippen molar-refractivity contribution in [3.05, 3.63) is 34.7 Å². The minimum atomic E-state index is -5.08. The number of rotatable bonds is 3. The van der Waals surface area contributed by atoms with Crippen LogP contribution >= 0.6 is 11.3 Å². The van der Waals surface area contributed by atoms with Crippen LogP contribution in [0.2, 0.25) is 0 Å². The molecule has 0 saturated carbocycles. The van der Waals surface area contributed by atoms with E-state index in [1.165, 1.54) is 0 Å². The van der Waals surface area contributed by atoms with Gasteiger partial charge in [-0.3, -0.25) is 4.79 Å². The number of anilines is 1. The first-order valence-electron chi connectivity index (χ1n) is 11.0. The Morgan fingerprint density at radius 2 is 2.06 bits per heavy atom. The van der Waals surface area contributed by atoms with Crippen molar-refractivity contribution >= 4 is 39.4 Å². The first-order valence-corrected chi connectivity index (χ1v) is 11.9. The lowest BCUT2D eigenvalue weighted by Crippen LogP contribution is -2.41. The summed E-state index contributed by atoms with van der Waals surface area (Å²) in [6, 6.07) is 2.01. The van der Waals surface area contributed by atoms with Crippen LogP contribution in [0.3, 0.4) is 0 Å². The molecule has 2 fully saturated rings. The second-order valence-corrected chi connectivity index (χ2v) is 9.79. The molecule has 5 heterocycles. The number of thiophene rings is 1. The van der Waals surface area contributed by atoms with Crippen molar-refractivity contribution in [1.82, 2.24) is 20.0 Å². The number of nitrogens with zero attached hydrogens (tertiary/aromatic N) is 5. The average Bonchev–Trinajstić information content (AvgIpc) is 3.44. The molecule has 194 valence electrons. The third-order valence-corrected chi connectivity index (χ3v) is 6.93. The number of carboxylic acids is 1. The summed E-state index contributed by atoms with van der Waals surface area (Å²) in [4.78, 5) is 35.1. The van der Waals surface area contributed by atoms with E-state index in [0.717, 1.165) is 33.8 Å². The second kappa shape index (κ2) is 10.0. The lowest BCUT2D eigenvalue weighted by molar-refractivity contribution is -0.192. The molecule has 0 bridgehead atoms. The van der Waals surface area contributed by atoms with Gasteiger partial charge in [0.05, 0.1) is 41.9 Å². The first kappa shape index (κ1) is 25.8. The number of ether oxygens (including phenoxy) is 1. The Kier molecular flexibility index (Phi) is 7.18. The van der Waals surface area contributed by atoms with Gasteiger partial charge >= 0.3 is 12.1 Å². The normalized spacial score (nSPS) is 20.5. The largest absolute Gasteiger partial charge is 0.490 e. The molecule has 5 rings (SSSR count). The number of carbonyl (C=O) groups excluding carboxylic acids is 1. The third kappa shape index (κ3) is 5.59. The number of carbonyl (C=O) groups is 2. The van der Waals surface area contributed by atoms with Gasteiger partial charge in [-0.05, 0) is 25.3 Å². The number of aromatic nitrogens is 3. The molecule has 2 aliphatic heterocycles. The van der Waals surface area contributed by atoms with Gasteiger partial charge in [-0.2, -0.15) is 13.2 Å². The molecule has 14 heteroatoms. The predicted octanol–water partition coefficient (Wildman–Crippen LogP) is 3.18. The molecular formula is C22H24F3N5O5S. The minimum absolute atomic E-state index is 0.143. The Balaban J connectivity index is 0.000000384. The van der Waals surface area contributed by atoms with Crippen LogP contribution in [0.4, 0.5) is 19.1 Å². The summed E-state index contributed by atoms with van der Waals surface area (Å²) < 4.78 is 44.0. The summed E-state index contributed by atoms with van der Waals surface area (Å²) in [5, 5.41) is 13.2. The first-order chi connectivity index (χ1) is 17.0. The number of halogens is 3. The van der Waals surface area contributed by atoms with E-state index >= 15 is 0 Å². The number of aliphatic carboxylic acids is 1. The molecule has 2 saturated heterocycles. The van der Waals surface area contributed by atoms with Crippen LogP contribution in [0.25, 0.3) is 10.2 Å². The molecule has 3 aromatic rings. The van der Waals surface area contributed by atoms with Crippen molar-refractivity contribution in [1.29, 1.82) is 0 Å². The van der Waals surface area contributed by atoms with Gasteiger partial charge in [-0.25, -0.2) is 14.8 Å². The molecule has 0 aliphatic carbocycles. The van der Waals surface area contributed by atoms with Crippen molar-refractivity contribution in [3.63, 3.8) is 0 Å². The molecule has 1 spiro atoms. The number of carboxylic acid groups (broad SMARTS) is 1. The lowest BCUT2D eigenvalue weighted by atomic mass is 9.87. The highest BCUT2D eigenvalue weighted by atomic mass is 32.1. The Morgan fingerprint density at radius 3 is 2.72 bits per heavy atom. The van der Waals surface area contributed by atoms with Crippen molar-refractivity contribution in [2.45, 2.75) is 33.0 Å². The van der Waals surface area contributed by atoms with Gasteiger partial charge in [0.15, 0.2) is 0 Å². The van der Waals surface area contributed by atoms with Gasteiger partial charge in [0, 0.05) is 37.0 Å². The van der Waals surface area contributed by atoms with Crippen LogP contribution < -0.4 is 4.90 Å². The zero-order chi connectivity index (χ0) is 26.1. The molecule has 0 aromatic carbocycles. The molecular weight excluding hydrogens is 503 g/mol. The monoisotopic (exact) mass is 527 g/mol. The summed E-state index contributed by atoms with van der Waals surface area (Å²) in [6.45, 7) is 7.56. The van der Waals surface area contributed by atoms with Crippen molar-refractivity contribution in [3.8, 4) is 0 Å². The van der Waals surface area contributed by atoms with E-state index in [1.807, 2.05) is 36.4 Å². The zero-order valence-electron chi connectivity index (χ0n) is 19.5. The standard InChI is InChI=1S/C20H23N5O3S.C2HF3O2/c1-13-15(14(2)28-23-13)9-25-11-20(7-18(25)26)10-24(4-5-27-12-20)19-21-8-17-16(22-19)3-6-29-17;3-2(4,5)1(6)7/h3,6,8H,4-5,7,9-12H2,1-2H3;(H,6,7). The van der Waals surface area contributed by atoms with E-state index in [1.54, 1.807) is 11.3 Å². The zero-order valence-corrected chi connectivity index (χ0v) is 20.4. The van der Waals surface area contributed by atoms with E-state index in [-0.39, 0.29) is 11.3 Å². The summed E-state index contributed by atoms with van der Waals surface area (Å²) >= 11 is 1.64. The number of amides is 1. The highest BCUT2D eigenvalue weighted by Gasteiger charge is 2.46. The number of aryl methyl sites for hydroxylation is 2. The summed E-state index contributed by atoms with van der Waals surface area (Å²) in [5.41, 5.74) is 2.53.